The molecule has 29 heavy (non-hydrogen) atoms. The summed E-state index contributed by atoms with van der Waals surface area (Å²) in [6, 6.07) is 2.92. The fourth-order valence-corrected chi connectivity index (χ4v) is 8.52. The zero-order chi connectivity index (χ0) is 20.8. The summed E-state index contributed by atoms with van der Waals surface area (Å²) in [5.41, 5.74) is 0.758. The average Bonchev–Trinajstić information content (AvgIpc) is 3.05. The van der Waals surface area contributed by atoms with E-state index in [1.807, 2.05) is 0 Å². The van der Waals surface area contributed by atoms with E-state index in [0.717, 1.165) is 30.6 Å². The third kappa shape index (κ3) is 3.51. The summed E-state index contributed by atoms with van der Waals surface area (Å²) in [7, 11) is 2.15. The van der Waals surface area contributed by atoms with Crippen molar-refractivity contribution in [2.24, 2.45) is 34.5 Å². The third-order valence-corrected chi connectivity index (χ3v) is 10.0. The predicted octanol–water partition coefficient (Wildman–Crippen LogP) is 5.00. The Kier molecular flexibility index (Phi) is 5.95. The minimum atomic E-state index is -0.263. The molecule has 0 bridgehead atoms. The number of hydrogen-bond acceptors (Lipinski definition) is 4. The first-order valence-corrected chi connectivity index (χ1v) is 12.2. The Morgan fingerprint density at radius 3 is 2.55 bits per heavy atom. The van der Waals surface area contributed by atoms with E-state index in [-0.39, 0.29) is 18.0 Å². The minimum Gasteiger partial charge on any atom is -0.461 e. The van der Waals surface area contributed by atoms with E-state index in [1.54, 1.807) is 0 Å². The molecule has 0 amide bonds. The lowest BCUT2D eigenvalue weighted by Gasteiger charge is -2.61. The lowest BCUT2D eigenvalue weighted by atomic mass is 9.45. The van der Waals surface area contributed by atoms with Gasteiger partial charge in [-0.3, -0.25) is 9.69 Å². The zero-order valence-corrected chi connectivity index (χ0v) is 19.1. The number of nitriles is 1. The fourth-order valence-electron chi connectivity index (χ4n) is 8.46. The van der Waals surface area contributed by atoms with Gasteiger partial charge in [0.15, 0.2) is 0 Å². The lowest BCUT2D eigenvalue weighted by molar-refractivity contribution is -0.159. The number of halogens is 1. The maximum absolute atomic E-state index is 11.7. The Balaban J connectivity index is 1.49. The third-order valence-electron chi connectivity index (χ3n) is 9.83. The van der Waals surface area contributed by atoms with Gasteiger partial charge in [-0.15, -0.1) is 11.6 Å². The molecular formula is C24H37ClN2O2. The summed E-state index contributed by atoms with van der Waals surface area (Å²) in [4.78, 5) is 14.0. The van der Waals surface area contributed by atoms with Gasteiger partial charge in [0.05, 0.1) is 12.6 Å². The molecule has 4 nitrogen and oxygen atoms in total. The van der Waals surface area contributed by atoms with Gasteiger partial charge in [0.2, 0.25) is 0 Å². The number of esters is 1. The zero-order valence-electron chi connectivity index (χ0n) is 18.3. The highest BCUT2D eigenvalue weighted by Crippen LogP contribution is 2.66. The number of alkyl halides is 1. The minimum absolute atomic E-state index is 0.0369. The number of ether oxygens (including phenoxy) is 1. The van der Waals surface area contributed by atoms with Crippen LogP contribution in [0.5, 0.6) is 0 Å². The topological polar surface area (TPSA) is 53.3 Å². The largest absolute Gasteiger partial charge is 0.461 e. The van der Waals surface area contributed by atoms with Crippen LogP contribution < -0.4 is 0 Å². The van der Waals surface area contributed by atoms with Crippen molar-refractivity contribution in [1.82, 2.24) is 4.90 Å². The van der Waals surface area contributed by atoms with Crippen molar-refractivity contribution in [3.05, 3.63) is 0 Å². The van der Waals surface area contributed by atoms with Gasteiger partial charge >= 0.3 is 5.97 Å². The normalized spacial score (nSPS) is 46.3. The number of rotatable bonds is 4. The van der Waals surface area contributed by atoms with Gasteiger partial charge in [0.1, 0.15) is 12.0 Å². The highest BCUT2D eigenvalue weighted by Gasteiger charge is 2.60. The Hall–Kier alpha value is -0.790. The van der Waals surface area contributed by atoms with Crippen LogP contribution in [0.4, 0.5) is 0 Å². The summed E-state index contributed by atoms with van der Waals surface area (Å²) in [6.07, 6.45) is 11.1. The van der Waals surface area contributed by atoms with E-state index in [2.05, 4.69) is 31.9 Å². The standard InChI is InChI=1S/C24H37ClN2O2/c1-23-10-8-17(29-22(28)15-25)14-16(23)4-5-18-19-6-7-21(27(3)13-12-26)24(19,2)11-9-20(18)23/h16-21H,4-11,13-15H2,1-3H3/t16-,17+,18-,19+,20-,21+,23-,24-/m0/s1. The van der Waals surface area contributed by atoms with Gasteiger partial charge < -0.3 is 4.74 Å². The van der Waals surface area contributed by atoms with Crippen molar-refractivity contribution in [1.29, 1.82) is 5.26 Å². The summed E-state index contributed by atoms with van der Waals surface area (Å²) < 4.78 is 5.62. The van der Waals surface area contributed by atoms with Crippen LogP contribution in [0.25, 0.3) is 0 Å². The number of carbonyl (C=O) groups is 1. The highest BCUT2D eigenvalue weighted by atomic mass is 35.5. The van der Waals surface area contributed by atoms with Gasteiger partial charge in [0.25, 0.3) is 0 Å². The van der Waals surface area contributed by atoms with Crippen LogP contribution in [-0.4, -0.2) is 42.5 Å². The van der Waals surface area contributed by atoms with Crippen molar-refractivity contribution in [3.63, 3.8) is 0 Å². The van der Waals surface area contributed by atoms with Gasteiger partial charge in [0, 0.05) is 6.04 Å². The smallest absolute Gasteiger partial charge is 0.321 e. The first kappa shape index (κ1) is 21.4. The molecular weight excluding hydrogens is 384 g/mol. The maximum Gasteiger partial charge on any atom is 0.321 e. The second kappa shape index (κ2) is 8.04. The second-order valence-electron chi connectivity index (χ2n) is 10.9. The quantitative estimate of drug-likeness (QED) is 0.364. The first-order chi connectivity index (χ1) is 13.8. The van der Waals surface area contributed by atoms with Crippen molar-refractivity contribution in [3.8, 4) is 6.07 Å². The summed E-state index contributed by atoms with van der Waals surface area (Å²) in [5.74, 6) is 2.82. The monoisotopic (exact) mass is 420 g/mol. The molecule has 4 rings (SSSR count). The SMILES string of the molecule is CN(CC#N)[C@@H]1CC[C@@H]2[C@@H]3CC[C@H]4C[C@H](OC(=O)CCl)CC[C@]4(C)[C@H]3CC[C@@]21C. The van der Waals surface area contributed by atoms with Crippen LogP contribution in [0.15, 0.2) is 0 Å². The van der Waals surface area contributed by atoms with Crippen LogP contribution in [0.1, 0.15) is 71.6 Å². The van der Waals surface area contributed by atoms with E-state index in [1.165, 1.54) is 44.9 Å². The number of carbonyl (C=O) groups excluding carboxylic acids is 1. The van der Waals surface area contributed by atoms with Crippen molar-refractivity contribution in [2.45, 2.75) is 83.8 Å². The van der Waals surface area contributed by atoms with E-state index in [0.29, 0.717) is 29.3 Å². The average molecular weight is 421 g/mol. The number of hydrogen-bond donors (Lipinski definition) is 0. The molecule has 4 aliphatic rings. The molecule has 4 aliphatic carbocycles. The van der Waals surface area contributed by atoms with Gasteiger partial charge in [-0.05, 0) is 99.3 Å². The molecule has 4 fully saturated rings. The van der Waals surface area contributed by atoms with Crippen LogP contribution in [-0.2, 0) is 9.53 Å². The predicted molar refractivity (Wildman–Crippen MR) is 114 cm³/mol. The Morgan fingerprint density at radius 1 is 1.10 bits per heavy atom. The van der Waals surface area contributed by atoms with Crippen molar-refractivity contribution >= 4 is 17.6 Å². The van der Waals surface area contributed by atoms with E-state index >= 15 is 0 Å². The molecule has 0 spiro atoms. The van der Waals surface area contributed by atoms with Gasteiger partial charge in [-0.2, -0.15) is 5.26 Å². The number of nitrogens with zero attached hydrogens (tertiary/aromatic N) is 2. The van der Waals surface area contributed by atoms with E-state index in [9.17, 15) is 10.1 Å². The molecule has 0 unspecified atom stereocenters. The molecule has 0 aromatic rings. The Bertz CT molecular complexity index is 678. The van der Waals surface area contributed by atoms with Crippen LogP contribution in [0.3, 0.4) is 0 Å². The van der Waals surface area contributed by atoms with Gasteiger partial charge in [-0.1, -0.05) is 13.8 Å². The second-order valence-corrected chi connectivity index (χ2v) is 11.2. The van der Waals surface area contributed by atoms with E-state index in [4.69, 9.17) is 16.3 Å². The van der Waals surface area contributed by atoms with Gasteiger partial charge in [-0.25, -0.2) is 0 Å². The van der Waals surface area contributed by atoms with Crippen molar-refractivity contribution in [2.75, 3.05) is 19.5 Å². The molecule has 162 valence electrons. The van der Waals surface area contributed by atoms with Crippen molar-refractivity contribution < 1.29 is 9.53 Å². The lowest BCUT2D eigenvalue weighted by Crippen LogP contribution is -2.56. The maximum atomic E-state index is 11.7. The highest BCUT2D eigenvalue weighted by molar-refractivity contribution is 6.26. The van der Waals surface area contributed by atoms with Crippen LogP contribution in [0, 0.1) is 45.8 Å². The van der Waals surface area contributed by atoms with Crippen LogP contribution >= 0.6 is 11.6 Å². The Labute approximate surface area is 181 Å². The summed E-state index contributed by atoms with van der Waals surface area (Å²) in [6.45, 7) is 5.62. The number of fused-ring (bicyclic) bond motifs is 5. The Morgan fingerprint density at radius 2 is 1.83 bits per heavy atom. The molecule has 0 saturated heterocycles. The molecule has 0 aromatic carbocycles. The van der Waals surface area contributed by atoms with Crippen LogP contribution in [0.2, 0.25) is 0 Å². The molecule has 0 aliphatic heterocycles. The summed E-state index contributed by atoms with van der Waals surface area (Å²) in [5, 5.41) is 9.19. The molecule has 5 heteroatoms. The summed E-state index contributed by atoms with van der Waals surface area (Å²) >= 11 is 5.65. The molecule has 4 saturated carbocycles. The fraction of sp³-hybridized carbons (Fsp3) is 0.917. The first-order valence-electron chi connectivity index (χ1n) is 11.7. The molecule has 0 heterocycles. The molecule has 0 N–H and O–H groups in total. The molecule has 0 aromatic heterocycles. The molecule has 8 atom stereocenters. The molecule has 0 radical (unpaired) electrons. The van der Waals surface area contributed by atoms with E-state index < -0.39 is 0 Å².